The Balaban J connectivity index is 1.93. The van der Waals surface area contributed by atoms with Gasteiger partial charge < -0.3 is 19.2 Å². The summed E-state index contributed by atoms with van der Waals surface area (Å²) in [6, 6.07) is 7.98. The first kappa shape index (κ1) is 21.3. The van der Waals surface area contributed by atoms with Crippen molar-refractivity contribution in [1.29, 1.82) is 0 Å². The average molecular weight is 394 g/mol. The van der Waals surface area contributed by atoms with Crippen molar-refractivity contribution in [3.05, 3.63) is 41.3 Å². The van der Waals surface area contributed by atoms with Crippen molar-refractivity contribution in [2.24, 2.45) is 0 Å². The molecule has 0 aliphatic heterocycles. The van der Waals surface area contributed by atoms with E-state index in [1.165, 1.54) is 19.8 Å². The summed E-state index contributed by atoms with van der Waals surface area (Å²) in [5.74, 6) is 0.816. The van der Waals surface area contributed by atoms with Gasteiger partial charge in [-0.15, -0.1) is 0 Å². The molecule has 1 N–H and O–H groups in total. The largest absolute Gasteiger partial charge is 0.441 e. The van der Waals surface area contributed by atoms with E-state index in [9.17, 15) is 9.00 Å². The van der Waals surface area contributed by atoms with E-state index >= 15 is 0 Å². The molecule has 27 heavy (non-hydrogen) atoms. The van der Waals surface area contributed by atoms with Crippen molar-refractivity contribution in [3.8, 4) is 11.5 Å². The molecule has 1 aromatic carbocycles. The highest BCUT2D eigenvalue weighted by Gasteiger charge is 2.16. The summed E-state index contributed by atoms with van der Waals surface area (Å²) < 4.78 is 28.0. The van der Waals surface area contributed by atoms with Crippen LogP contribution in [-0.4, -0.2) is 47.9 Å². The van der Waals surface area contributed by atoms with Crippen LogP contribution in [0.5, 0.6) is 0 Å². The Bertz CT molecular complexity index is 769. The number of aromatic nitrogens is 1. The predicted octanol–water partition coefficient (Wildman–Crippen LogP) is 2.20. The first-order valence-corrected chi connectivity index (χ1v) is 10.2. The summed E-state index contributed by atoms with van der Waals surface area (Å²) in [6.45, 7) is 4.08. The molecule has 0 aliphatic rings. The summed E-state index contributed by atoms with van der Waals surface area (Å²) in [5.41, 5.74) is 2.70. The SMILES string of the molecule is CCc1ccc(-c2nc(C[S@](=O)CC(=O)NCC(OC)OC)c(C)o2)cc1. The molecule has 0 bridgehead atoms. The number of amides is 1. The lowest BCUT2D eigenvalue weighted by Crippen LogP contribution is -2.36. The Kier molecular flexibility index (Phi) is 8.15. The van der Waals surface area contributed by atoms with Gasteiger partial charge in [0.25, 0.3) is 0 Å². The van der Waals surface area contributed by atoms with Crippen LogP contribution in [0.15, 0.2) is 28.7 Å². The minimum atomic E-state index is -1.39. The number of ether oxygens (including phenoxy) is 2. The maximum atomic E-state index is 12.3. The van der Waals surface area contributed by atoms with Crippen LogP contribution in [0.1, 0.15) is 23.9 Å². The van der Waals surface area contributed by atoms with Crippen LogP contribution in [-0.2, 0) is 37.2 Å². The van der Waals surface area contributed by atoms with Crippen LogP contribution in [0.2, 0.25) is 0 Å². The van der Waals surface area contributed by atoms with Gasteiger partial charge in [-0.2, -0.15) is 0 Å². The number of oxazole rings is 1. The third-order valence-corrected chi connectivity index (χ3v) is 5.26. The molecular formula is C19H26N2O5S. The zero-order valence-electron chi connectivity index (χ0n) is 16.1. The lowest BCUT2D eigenvalue weighted by Gasteiger charge is -2.13. The molecule has 0 aliphatic carbocycles. The molecular weight excluding hydrogens is 368 g/mol. The fraction of sp³-hybridized carbons (Fsp3) is 0.474. The minimum absolute atomic E-state index is 0.118. The normalized spacial score (nSPS) is 12.3. The number of hydrogen-bond donors (Lipinski definition) is 1. The molecule has 2 aromatic rings. The number of nitrogens with one attached hydrogen (secondary N) is 1. The Morgan fingerprint density at radius 1 is 1.26 bits per heavy atom. The molecule has 0 fully saturated rings. The second kappa shape index (κ2) is 10.3. The minimum Gasteiger partial charge on any atom is -0.441 e. The summed E-state index contributed by atoms with van der Waals surface area (Å²) in [7, 11) is 1.58. The molecule has 2 rings (SSSR count). The molecule has 1 aromatic heterocycles. The third-order valence-electron chi connectivity index (χ3n) is 4.08. The van der Waals surface area contributed by atoms with E-state index in [1.54, 1.807) is 6.92 Å². The van der Waals surface area contributed by atoms with Crippen molar-refractivity contribution in [1.82, 2.24) is 10.3 Å². The van der Waals surface area contributed by atoms with Crippen LogP contribution in [0, 0.1) is 6.92 Å². The highest BCUT2D eigenvalue weighted by Crippen LogP contribution is 2.23. The van der Waals surface area contributed by atoms with Crippen molar-refractivity contribution in [3.63, 3.8) is 0 Å². The second-order valence-corrected chi connectivity index (χ2v) is 7.46. The topological polar surface area (TPSA) is 90.7 Å². The van der Waals surface area contributed by atoms with E-state index in [0.29, 0.717) is 17.3 Å². The number of hydrogen-bond acceptors (Lipinski definition) is 6. The van der Waals surface area contributed by atoms with Gasteiger partial charge in [-0.05, 0) is 31.0 Å². The molecule has 0 spiro atoms. The van der Waals surface area contributed by atoms with E-state index in [0.717, 1.165) is 12.0 Å². The number of benzene rings is 1. The molecule has 7 nitrogen and oxygen atoms in total. The van der Waals surface area contributed by atoms with Gasteiger partial charge in [-0.3, -0.25) is 9.00 Å². The number of methoxy groups -OCH3 is 2. The Labute approximate surface area is 161 Å². The standard InChI is InChI=1S/C19H26N2O5S/c1-5-14-6-8-15(9-7-14)19-21-16(13(2)26-19)11-27(23)12-17(22)20-10-18(24-3)25-4/h6-9,18H,5,10-12H2,1-4H3,(H,20,22)/t27-/m0/s1. The predicted molar refractivity (Wildman–Crippen MR) is 104 cm³/mol. The second-order valence-electron chi connectivity index (χ2n) is 6.01. The van der Waals surface area contributed by atoms with E-state index in [1.807, 2.05) is 24.3 Å². The summed E-state index contributed by atoms with van der Waals surface area (Å²) in [5, 5.41) is 2.63. The van der Waals surface area contributed by atoms with E-state index in [2.05, 4.69) is 17.2 Å². The quantitative estimate of drug-likeness (QED) is 0.621. The van der Waals surface area contributed by atoms with Gasteiger partial charge in [0.05, 0.1) is 18.0 Å². The molecule has 0 radical (unpaired) electrons. The van der Waals surface area contributed by atoms with Gasteiger partial charge in [0.15, 0.2) is 6.29 Å². The van der Waals surface area contributed by atoms with E-state index in [4.69, 9.17) is 13.9 Å². The van der Waals surface area contributed by atoms with E-state index < -0.39 is 17.1 Å². The van der Waals surface area contributed by atoms with Gasteiger partial charge in [-0.1, -0.05) is 19.1 Å². The molecule has 8 heteroatoms. The molecule has 0 saturated carbocycles. The van der Waals surface area contributed by atoms with Crippen LogP contribution < -0.4 is 5.32 Å². The van der Waals surface area contributed by atoms with Crippen LogP contribution in [0.4, 0.5) is 0 Å². The maximum absolute atomic E-state index is 12.3. The Morgan fingerprint density at radius 3 is 2.52 bits per heavy atom. The van der Waals surface area contributed by atoms with E-state index in [-0.39, 0.29) is 24.0 Å². The molecule has 1 atom stereocenters. The number of rotatable bonds is 10. The van der Waals surface area contributed by atoms with Crippen molar-refractivity contribution >= 4 is 16.7 Å². The van der Waals surface area contributed by atoms with Gasteiger partial charge in [0.1, 0.15) is 11.5 Å². The van der Waals surface area contributed by atoms with Gasteiger partial charge in [0.2, 0.25) is 11.8 Å². The lowest BCUT2D eigenvalue weighted by atomic mass is 10.1. The number of carbonyl (C=O) groups is 1. The van der Waals surface area contributed by atoms with Crippen LogP contribution in [0.3, 0.4) is 0 Å². The van der Waals surface area contributed by atoms with Crippen molar-refractivity contribution in [2.45, 2.75) is 32.3 Å². The Morgan fingerprint density at radius 2 is 1.93 bits per heavy atom. The average Bonchev–Trinajstić information content (AvgIpc) is 3.03. The van der Waals surface area contributed by atoms with Gasteiger partial charge >= 0.3 is 0 Å². The lowest BCUT2D eigenvalue weighted by molar-refractivity contribution is -0.125. The molecule has 148 valence electrons. The first-order chi connectivity index (χ1) is 13.0. The van der Waals surface area contributed by atoms with Gasteiger partial charge in [-0.25, -0.2) is 4.98 Å². The highest BCUT2D eigenvalue weighted by atomic mass is 32.2. The van der Waals surface area contributed by atoms with Crippen LogP contribution in [0.25, 0.3) is 11.5 Å². The summed E-state index contributed by atoms with van der Waals surface area (Å²) in [4.78, 5) is 16.3. The molecule has 0 saturated heterocycles. The molecule has 1 amide bonds. The maximum Gasteiger partial charge on any atom is 0.232 e. The number of nitrogens with zero attached hydrogens (tertiary/aromatic N) is 1. The zero-order valence-corrected chi connectivity index (χ0v) is 16.9. The fourth-order valence-electron chi connectivity index (χ4n) is 2.43. The molecule has 1 heterocycles. The zero-order chi connectivity index (χ0) is 19.8. The highest BCUT2D eigenvalue weighted by molar-refractivity contribution is 7.84. The monoisotopic (exact) mass is 394 g/mol. The summed E-state index contributed by atoms with van der Waals surface area (Å²) >= 11 is 0. The molecule has 0 unspecified atom stereocenters. The van der Waals surface area contributed by atoms with Crippen molar-refractivity contribution in [2.75, 3.05) is 26.5 Å². The number of aryl methyl sites for hydroxylation is 2. The Hall–Kier alpha value is -2.03. The fourth-order valence-corrected chi connectivity index (χ4v) is 3.50. The third kappa shape index (κ3) is 6.27. The van der Waals surface area contributed by atoms with Crippen LogP contribution >= 0.6 is 0 Å². The summed E-state index contributed by atoms with van der Waals surface area (Å²) in [6.07, 6.45) is 0.439. The first-order valence-electron chi connectivity index (χ1n) is 8.69. The number of carbonyl (C=O) groups excluding carboxylic acids is 1. The smallest absolute Gasteiger partial charge is 0.232 e. The van der Waals surface area contributed by atoms with Crippen molar-refractivity contribution < 1.29 is 22.9 Å². The van der Waals surface area contributed by atoms with Gasteiger partial charge in [0, 0.05) is 30.6 Å².